The summed E-state index contributed by atoms with van der Waals surface area (Å²) in [6, 6.07) is 3.97. The zero-order chi connectivity index (χ0) is 14.3. The van der Waals surface area contributed by atoms with Crippen LogP contribution in [0, 0.1) is 25.2 Å². The first-order valence-electron chi connectivity index (χ1n) is 6.12. The fourth-order valence-corrected chi connectivity index (χ4v) is 4.56. The van der Waals surface area contributed by atoms with Crippen LogP contribution >= 0.6 is 0 Å². The molecule has 102 valence electrons. The van der Waals surface area contributed by atoms with Crippen molar-refractivity contribution in [3.05, 3.63) is 22.9 Å². The average molecular weight is 279 g/mol. The van der Waals surface area contributed by atoms with Crippen LogP contribution < -0.4 is 5.32 Å². The first-order chi connectivity index (χ1) is 8.75. The number of nitrogens with zero attached hydrogens (tertiary/aromatic N) is 2. The van der Waals surface area contributed by atoms with E-state index in [0.29, 0.717) is 17.8 Å². The summed E-state index contributed by atoms with van der Waals surface area (Å²) < 4.78 is 23.2. The summed E-state index contributed by atoms with van der Waals surface area (Å²) in [5.74, 6) is 0.752. The molecule has 2 heterocycles. The van der Waals surface area contributed by atoms with Crippen LogP contribution in [0.2, 0.25) is 0 Å². The summed E-state index contributed by atoms with van der Waals surface area (Å²) in [7, 11) is -2.99. The zero-order valence-corrected chi connectivity index (χ0v) is 12.1. The van der Waals surface area contributed by atoms with Crippen LogP contribution in [0.25, 0.3) is 0 Å². The smallest absolute Gasteiger partial charge is 0.152 e. The highest BCUT2D eigenvalue weighted by atomic mass is 32.2. The van der Waals surface area contributed by atoms with Crippen molar-refractivity contribution in [3.63, 3.8) is 0 Å². The number of pyridine rings is 1. The highest BCUT2D eigenvalue weighted by molar-refractivity contribution is 7.91. The van der Waals surface area contributed by atoms with E-state index in [1.807, 2.05) is 26.8 Å². The van der Waals surface area contributed by atoms with E-state index in [4.69, 9.17) is 0 Å². The third-order valence-corrected chi connectivity index (χ3v) is 5.28. The van der Waals surface area contributed by atoms with Gasteiger partial charge in [0.1, 0.15) is 11.9 Å². The minimum atomic E-state index is -2.99. The SMILES string of the molecule is Cc1cc(C)c(C#N)c(NC2(C)CCS(=O)(=O)C2)n1. The summed E-state index contributed by atoms with van der Waals surface area (Å²) in [4.78, 5) is 4.33. The minimum absolute atomic E-state index is 0.0829. The summed E-state index contributed by atoms with van der Waals surface area (Å²) >= 11 is 0. The standard InChI is InChI=1S/C13H17N3O2S/c1-9-6-10(2)15-12(11(9)7-14)16-13(3)4-5-19(17,18)8-13/h6H,4-5,8H2,1-3H3,(H,15,16). The van der Waals surface area contributed by atoms with Gasteiger partial charge in [-0.15, -0.1) is 0 Å². The number of hydrogen-bond acceptors (Lipinski definition) is 5. The summed E-state index contributed by atoms with van der Waals surface area (Å²) in [6.07, 6.45) is 0.537. The molecule has 2 rings (SSSR count). The van der Waals surface area contributed by atoms with Crippen molar-refractivity contribution in [1.29, 1.82) is 5.26 Å². The Morgan fingerprint density at radius 3 is 2.68 bits per heavy atom. The molecule has 0 spiro atoms. The van der Waals surface area contributed by atoms with E-state index < -0.39 is 15.4 Å². The van der Waals surface area contributed by atoms with Gasteiger partial charge in [-0.1, -0.05) is 0 Å². The normalized spacial score (nSPS) is 24.9. The zero-order valence-electron chi connectivity index (χ0n) is 11.3. The average Bonchev–Trinajstić information content (AvgIpc) is 2.52. The number of aryl methyl sites for hydroxylation is 2. The molecule has 1 aromatic heterocycles. The van der Waals surface area contributed by atoms with E-state index in [1.54, 1.807) is 0 Å². The summed E-state index contributed by atoms with van der Waals surface area (Å²) in [5, 5.41) is 12.4. The third-order valence-electron chi connectivity index (χ3n) is 3.38. The molecule has 1 N–H and O–H groups in total. The molecule has 1 saturated heterocycles. The fraction of sp³-hybridized carbons (Fsp3) is 0.538. The van der Waals surface area contributed by atoms with Gasteiger partial charge in [0.2, 0.25) is 0 Å². The lowest BCUT2D eigenvalue weighted by atomic mass is 10.0. The van der Waals surface area contributed by atoms with Gasteiger partial charge in [-0.05, 0) is 38.8 Å². The molecule has 1 aliphatic heterocycles. The van der Waals surface area contributed by atoms with Gasteiger partial charge in [0, 0.05) is 5.69 Å². The molecule has 1 aromatic rings. The maximum absolute atomic E-state index is 11.6. The number of nitriles is 1. The van der Waals surface area contributed by atoms with Crippen LogP contribution in [0.3, 0.4) is 0 Å². The van der Waals surface area contributed by atoms with Gasteiger partial charge in [0.15, 0.2) is 9.84 Å². The van der Waals surface area contributed by atoms with Crippen molar-refractivity contribution in [2.75, 3.05) is 16.8 Å². The number of anilines is 1. The minimum Gasteiger partial charge on any atom is -0.363 e. The van der Waals surface area contributed by atoms with Crippen LogP contribution in [-0.2, 0) is 9.84 Å². The number of nitrogens with one attached hydrogen (secondary N) is 1. The molecule has 1 aliphatic rings. The predicted octanol–water partition coefficient (Wildman–Crippen LogP) is 1.56. The number of hydrogen-bond donors (Lipinski definition) is 1. The van der Waals surface area contributed by atoms with E-state index >= 15 is 0 Å². The molecule has 0 radical (unpaired) electrons. The largest absolute Gasteiger partial charge is 0.363 e. The van der Waals surface area contributed by atoms with E-state index in [-0.39, 0.29) is 11.5 Å². The topological polar surface area (TPSA) is 82.9 Å². The lowest BCUT2D eigenvalue weighted by Gasteiger charge is -2.25. The van der Waals surface area contributed by atoms with Gasteiger partial charge >= 0.3 is 0 Å². The van der Waals surface area contributed by atoms with Crippen molar-refractivity contribution >= 4 is 15.7 Å². The monoisotopic (exact) mass is 279 g/mol. The first-order valence-corrected chi connectivity index (χ1v) is 7.94. The Morgan fingerprint density at radius 1 is 1.47 bits per heavy atom. The molecule has 5 nitrogen and oxygen atoms in total. The molecule has 1 atom stereocenters. The highest BCUT2D eigenvalue weighted by Gasteiger charge is 2.39. The van der Waals surface area contributed by atoms with Crippen molar-refractivity contribution in [2.24, 2.45) is 0 Å². The number of sulfone groups is 1. The summed E-state index contributed by atoms with van der Waals surface area (Å²) in [5.41, 5.74) is 1.60. The molecule has 0 amide bonds. The predicted molar refractivity (Wildman–Crippen MR) is 73.7 cm³/mol. The van der Waals surface area contributed by atoms with Crippen molar-refractivity contribution in [2.45, 2.75) is 32.7 Å². The Bertz CT molecular complexity index is 661. The molecule has 0 bridgehead atoms. The second kappa shape index (κ2) is 4.49. The van der Waals surface area contributed by atoms with Crippen LogP contribution in [0.1, 0.15) is 30.2 Å². The Morgan fingerprint density at radius 2 is 2.16 bits per heavy atom. The van der Waals surface area contributed by atoms with Crippen molar-refractivity contribution in [1.82, 2.24) is 4.98 Å². The van der Waals surface area contributed by atoms with Crippen molar-refractivity contribution < 1.29 is 8.42 Å². The van der Waals surface area contributed by atoms with Gasteiger partial charge in [0.05, 0.1) is 22.6 Å². The quantitative estimate of drug-likeness (QED) is 0.888. The van der Waals surface area contributed by atoms with Crippen molar-refractivity contribution in [3.8, 4) is 6.07 Å². The first kappa shape index (κ1) is 13.8. The van der Waals surface area contributed by atoms with E-state index in [9.17, 15) is 13.7 Å². The Kier molecular flexibility index (Phi) is 3.27. The Balaban J connectivity index is 2.37. The molecule has 0 saturated carbocycles. The fourth-order valence-electron chi connectivity index (χ4n) is 2.46. The van der Waals surface area contributed by atoms with Crippen LogP contribution in [0.15, 0.2) is 6.07 Å². The second-order valence-corrected chi connectivity index (χ2v) is 7.63. The summed E-state index contributed by atoms with van der Waals surface area (Å²) in [6.45, 7) is 5.57. The molecule has 19 heavy (non-hydrogen) atoms. The molecule has 1 fully saturated rings. The van der Waals surface area contributed by atoms with Gasteiger partial charge < -0.3 is 5.32 Å². The highest BCUT2D eigenvalue weighted by Crippen LogP contribution is 2.29. The molecule has 6 heteroatoms. The maximum atomic E-state index is 11.6. The van der Waals surface area contributed by atoms with Crippen LogP contribution in [0.5, 0.6) is 0 Å². The van der Waals surface area contributed by atoms with E-state index in [0.717, 1.165) is 11.3 Å². The Hall–Kier alpha value is -1.61. The van der Waals surface area contributed by atoms with Gasteiger partial charge in [0.25, 0.3) is 0 Å². The van der Waals surface area contributed by atoms with Gasteiger partial charge in [-0.3, -0.25) is 0 Å². The molecular weight excluding hydrogens is 262 g/mol. The molecule has 0 aliphatic carbocycles. The molecule has 0 aromatic carbocycles. The lowest BCUT2D eigenvalue weighted by Crippen LogP contribution is -2.36. The van der Waals surface area contributed by atoms with Gasteiger partial charge in [-0.2, -0.15) is 5.26 Å². The molecular formula is C13H17N3O2S. The number of aromatic nitrogens is 1. The Labute approximate surface area is 113 Å². The molecule has 1 unspecified atom stereocenters. The van der Waals surface area contributed by atoms with Gasteiger partial charge in [-0.25, -0.2) is 13.4 Å². The van der Waals surface area contributed by atoms with Crippen LogP contribution in [-0.4, -0.2) is 30.4 Å². The number of rotatable bonds is 2. The van der Waals surface area contributed by atoms with E-state index in [1.165, 1.54) is 0 Å². The van der Waals surface area contributed by atoms with Crippen LogP contribution in [0.4, 0.5) is 5.82 Å². The third kappa shape index (κ3) is 2.87. The lowest BCUT2D eigenvalue weighted by molar-refractivity contribution is 0.571. The second-order valence-electron chi connectivity index (χ2n) is 5.44. The maximum Gasteiger partial charge on any atom is 0.152 e. The van der Waals surface area contributed by atoms with E-state index in [2.05, 4.69) is 16.4 Å².